The first-order valence-corrected chi connectivity index (χ1v) is 8.23. The number of nitrogens with one attached hydrogen (secondary N) is 3. The van der Waals surface area contributed by atoms with E-state index in [2.05, 4.69) is 28.1 Å². The Morgan fingerprint density at radius 1 is 1.04 bits per heavy atom. The van der Waals surface area contributed by atoms with E-state index in [1.165, 1.54) is 11.1 Å². The molecule has 0 saturated heterocycles. The highest BCUT2D eigenvalue weighted by molar-refractivity contribution is 5.98. The van der Waals surface area contributed by atoms with Crippen LogP contribution >= 0.6 is 12.4 Å². The Morgan fingerprint density at radius 2 is 1.84 bits per heavy atom. The van der Waals surface area contributed by atoms with Crippen molar-refractivity contribution in [2.24, 2.45) is 0 Å². The number of carbonyl (C=O) groups excluding carboxylic acids is 2. The lowest BCUT2D eigenvalue weighted by molar-refractivity contribution is -0.118. The van der Waals surface area contributed by atoms with Gasteiger partial charge < -0.3 is 16.0 Å². The van der Waals surface area contributed by atoms with Gasteiger partial charge in [-0.15, -0.1) is 12.4 Å². The first kappa shape index (κ1) is 17.5. The zero-order valence-electron chi connectivity index (χ0n) is 13.7. The minimum atomic E-state index is -0.245. The maximum absolute atomic E-state index is 12.5. The number of fused-ring (bicyclic) bond motifs is 2. The lowest BCUT2D eigenvalue weighted by atomic mass is 9.95. The van der Waals surface area contributed by atoms with Crippen LogP contribution in [0.2, 0.25) is 0 Å². The van der Waals surface area contributed by atoms with E-state index in [0.717, 1.165) is 17.7 Å². The highest BCUT2D eigenvalue weighted by atomic mass is 35.5. The van der Waals surface area contributed by atoms with Crippen molar-refractivity contribution >= 4 is 35.6 Å². The van der Waals surface area contributed by atoms with Gasteiger partial charge in [0.2, 0.25) is 11.8 Å². The van der Waals surface area contributed by atoms with Crippen LogP contribution in [0.25, 0.3) is 0 Å². The van der Waals surface area contributed by atoms with Crippen molar-refractivity contribution in [3.05, 3.63) is 59.2 Å². The normalized spacial score (nSPS) is 18.2. The molecule has 25 heavy (non-hydrogen) atoms. The first-order chi connectivity index (χ1) is 11.7. The van der Waals surface area contributed by atoms with Crippen LogP contribution in [0.4, 0.5) is 11.4 Å². The number of carbonyl (C=O) groups is 2. The summed E-state index contributed by atoms with van der Waals surface area (Å²) in [4.78, 5) is 24.1. The zero-order chi connectivity index (χ0) is 16.5. The number of aryl methyl sites for hydroxylation is 1. The van der Waals surface area contributed by atoms with Crippen LogP contribution in [-0.4, -0.2) is 17.9 Å². The highest BCUT2D eigenvalue weighted by Gasteiger charge is 2.24. The number of hydrogen-bond donors (Lipinski definition) is 3. The summed E-state index contributed by atoms with van der Waals surface area (Å²) >= 11 is 0. The fourth-order valence-electron chi connectivity index (χ4n) is 3.32. The van der Waals surface area contributed by atoms with Crippen LogP contribution in [0.5, 0.6) is 0 Å². The van der Waals surface area contributed by atoms with E-state index in [0.29, 0.717) is 25.1 Å². The summed E-state index contributed by atoms with van der Waals surface area (Å²) in [6.07, 6.45) is 1.95. The summed E-state index contributed by atoms with van der Waals surface area (Å²) in [5.74, 6) is -0.0249. The van der Waals surface area contributed by atoms with Gasteiger partial charge in [-0.05, 0) is 41.7 Å². The Hall–Kier alpha value is -2.37. The van der Waals surface area contributed by atoms with Gasteiger partial charge in [-0.1, -0.05) is 30.3 Å². The molecular formula is C19H20ClN3O2. The highest BCUT2D eigenvalue weighted by Crippen LogP contribution is 2.26. The predicted molar refractivity (Wildman–Crippen MR) is 100 cm³/mol. The molecule has 0 aromatic heterocycles. The lowest BCUT2D eigenvalue weighted by Crippen LogP contribution is -2.44. The molecule has 3 N–H and O–H groups in total. The van der Waals surface area contributed by atoms with Crippen molar-refractivity contribution in [2.75, 3.05) is 10.6 Å². The summed E-state index contributed by atoms with van der Waals surface area (Å²) in [5, 5.41) is 9.10. The molecule has 2 aromatic rings. The number of benzene rings is 2. The zero-order valence-corrected chi connectivity index (χ0v) is 14.5. The first-order valence-electron chi connectivity index (χ1n) is 8.23. The summed E-state index contributed by atoms with van der Waals surface area (Å²) in [6, 6.07) is 13.6. The number of amides is 2. The van der Waals surface area contributed by atoms with Crippen LogP contribution in [0, 0.1) is 0 Å². The minimum absolute atomic E-state index is 0. The van der Waals surface area contributed by atoms with Crippen molar-refractivity contribution in [3.63, 3.8) is 0 Å². The van der Waals surface area contributed by atoms with Crippen LogP contribution < -0.4 is 16.0 Å². The molecule has 0 saturated carbocycles. The second kappa shape index (κ2) is 7.25. The van der Waals surface area contributed by atoms with E-state index in [1.54, 1.807) is 0 Å². The number of hydrogen-bond acceptors (Lipinski definition) is 3. The van der Waals surface area contributed by atoms with Crippen molar-refractivity contribution in [1.82, 2.24) is 5.32 Å². The standard InChI is InChI=1S/C19H19N3O2.ClH/c23-18-8-6-12-5-7-15(10-16(12)22-18)21-19(24)17-9-13-3-1-2-4-14(13)11-20-17;/h1-5,7,10,17,20H,6,8-9,11H2,(H,21,24)(H,22,23);1H. The molecule has 0 radical (unpaired) electrons. The van der Waals surface area contributed by atoms with Crippen LogP contribution in [0.15, 0.2) is 42.5 Å². The molecule has 0 spiro atoms. The van der Waals surface area contributed by atoms with Gasteiger partial charge in [-0.25, -0.2) is 0 Å². The van der Waals surface area contributed by atoms with Gasteiger partial charge >= 0.3 is 0 Å². The molecule has 1 unspecified atom stereocenters. The molecular weight excluding hydrogens is 338 g/mol. The number of rotatable bonds is 2. The van der Waals surface area contributed by atoms with E-state index in [-0.39, 0.29) is 30.3 Å². The van der Waals surface area contributed by atoms with Gasteiger partial charge in [0.25, 0.3) is 0 Å². The minimum Gasteiger partial charge on any atom is -0.326 e. The molecule has 2 aromatic carbocycles. The largest absolute Gasteiger partial charge is 0.326 e. The quantitative estimate of drug-likeness (QED) is 0.773. The molecule has 0 fully saturated rings. The molecule has 0 bridgehead atoms. The molecule has 130 valence electrons. The molecule has 2 heterocycles. The van der Waals surface area contributed by atoms with Crippen LogP contribution in [-0.2, 0) is 29.0 Å². The van der Waals surface area contributed by atoms with Crippen LogP contribution in [0.3, 0.4) is 0 Å². The van der Waals surface area contributed by atoms with Crippen LogP contribution in [0.1, 0.15) is 23.1 Å². The third-order valence-electron chi connectivity index (χ3n) is 4.67. The van der Waals surface area contributed by atoms with Gasteiger partial charge in [0.15, 0.2) is 0 Å². The Labute approximate surface area is 152 Å². The van der Waals surface area contributed by atoms with Crippen molar-refractivity contribution in [2.45, 2.75) is 31.8 Å². The van der Waals surface area contributed by atoms with E-state index < -0.39 is 0 Å². The average molecular weight is 358 g/mol. The monoisotopic (exact) mass is 357 g/mol. The molecule has 4 rings (SSSR count). The Balaban J connectivity index is 0.00000182. The van der Waals surface area contributed by atoms with Gasteiger partial charge in [-0.2, -0.15) is 0 Å². The molecule has 0 aliphatic carbocycles. The maximum atomic E-state index is 12.5. The third-order valence-corrected chi connectivity index (χ3v) is 4.67. The molecule has 5 nitrogen and oxygen atoms in total. The third kappa shape index (κ3) is 3.67. The summed E-state index contributed by atoms with van der Waals surface area (Å²) in [5.41, 5.74) is 5.08. The Kier molecular flexibility index (Phi) is 5.06. The van der Waals surface area contributed by atoms with Crippen molar-refractivity contribution in [3.8, 4) is 0 Å². The topological polar surface area (TPSA) is 70.2 Å². The number of halogens is 1. The molecule has 2 amide bonds. The van der Waals surface area contributed by atoms with Crippen molar-refractivity contribution in [1.29, 1.82) is 0 Å². The van der Waals surface area contributed by atoms with E-state index in [4.69, 9.17) is 0 Å². The van der Waals surface area contributed by atoms with E-state index >= 15 is 0 Å². The van der Waals surface area contributed by atoms with Gasteiger partial charge in [0.1, 0.15) is 0 Å². The molecule has 2 aliphatic rings. The molecule has 6 heteroatoms. The SMILES string of the molecule is Cl.O=C1CCc2ccc(NC(=O)C3Cc4ccccc4CN3)cc2N1. The van der Waals surface area contributed by atoms with E-state index in [9.17, 15) is 9.59 Å². The van der Waals surface area contributed by atoms with Gasteiger partial charge in [0, 0.05) is 24.3 Å². The fraction of sp³-hybridized carbons (Fsp3) is 0.263. The van der Waals surface area contributed by atoms with Gasteiger partial charge in [-0.3, -0.25) is 9.59 Å². The summed E-state index contributed by atoms with van der Waals surface area (Å²) < 4.78 is 0. The lowest BCUT2D eigenvalue weighted by Gasteiger charge is -2.25. The fourth-order valence-corrected chi connectivity index (χ4v) is 3.32. The van der Waals surface area contributed by atoms with E-state index in [1.807, 2.05) is 30.3 Å². The smallest absolute Gasteiger partial charge is 0.241 e. The molecule has 1 atom stereocenters. The summed E-state index contributed by atoms with van der Waals surface area (Å²) in [6.45, 7) is 0.703. The second-order valence-electron chi connectivity index (χ2n) is 6.32. The second-order valence-corrected chi connectivity index (χ2v) is 6.32. The Bertz CT molecular complexity index is 822. The predicted octanol–water partition coefficient (Wildman–Crippen LogP) is 2.65. The molecule has 2 aliphatic heterocycles. The van der Waals surface area contributed by atoms with Gasteiger partial charge in [0.05, 0.1) is 6.04 Å². The average Bonchev–Trinajstić information content (AvgIpc) is 2.61. The summed E-state index contributed by atoms with van der Waals surface area (Å²) in [7, 11) is 0. The maximum Gasteiger partial charge on any atom is 0.241 e. The Morgan fingerprint density at radius 3 is 2.68 bits per heavy atom. The van der Waals surface area contributed by atoms with Crippen molar-refractivity contribution < 1.29 is 9.59 Å². The number of anilines is 2.